The average molecular weight is 311 g/mol. The van der Waals surface area contributed by atoms with E-state index in [1.807, 2.05) is 31.2 Å². The predicted octanol–water partition coefficient (Wildman–Crippen LogP) is 4.34. The Kier molecular flexibility index (Phi) is 5.80. The van der Waals surface area contributed by atoms with Gasteiger partial charge in [-0.3, -0.25) is 4.79 Å². The van der Waals surface area contributed by atoms with Crippen LogP contribution in [0.3, 0.4) is 0 Å². The van der Waals surface area contributed by atoms with Crippen molar-refractivity contribution in [1.29, 1.82) is 0 Å². The largest absolute Gasteiger partial charge is 0.481 e. The molecule has 0 spiro atoms. The quantitative estimate of drug-likeness (QED) is 0.862. The number of aryl methyl sites for hydroxylation is 2. The van der Waals surface area contributed by atoms with Crippen molar-refractivity contribution in [3.63, 3.8) is 0 Å². The maximum atomic E-state index is 12.4. The van der Waals surface area contributed by atoms with E-state index >= 15 is 0 Å². The van der Waals surface area contributed by atoms with Crippen LogP contribution in [0.15, 0.2) is 48.5 Å². The first-order chi connectivity index (χ1) is 11.0. The highest BCUT2D eigenvalue weighted by Gasteiger charge is 2.19. The minimum atomic E-state index is -0.532. The van der Waals surface area contributed by atoms with Gasteiger partial charge < -0.3 is 10.1 Å². The van der Waals surface area contributed by atoms with Crippen LogP contribution in [-0.2, 0) is 4.79 Å². The second-order valence-electron chi connectivity index (χ2n) is 5.91. The Morgan fingerprint density at radius 1 is 1.09 bits per heavy atom. The fraction of sp³-hybridized carbons (Fsp3) is 0.350. The zero-order valence-electron chi connectivity index (χ0n) is 14.3. The molecule has 0 heterocycles. The van der Waals surface area contributed by atoms with Gasteiger partial charge in [-0.15, -0.1) is 0 Å². The molecule has 0 aliphatic carbocycles. The van der Waals surface area contributed by atoms with Crippen LogP contribution in [0.25, 0.3) is 0 Å². The molecule has 0 bridgehead atoms. The van der Waals surface area contributed by atoms with Gasteiger partial charge >= 0.3 is 0 Å². The number of carbonyl (C=O) groups excluding carboxylic acids is 1. The standard InChI is InChI=1S/C20H25NO2/c1-5-18(17-12-10-14(2)11-13-17)21-20(22)16(4)23-19-9-7-6-8-15(19)3/h6-13,16,18H,5H2,1-4H3,(H,21,22)/t16-,18+/m1/s1. The van der Waals surface area contributed by atoms with E-state index in [0.717, 1.165) is 23.3 Å². The number of para-hydroxylation sites is 1. The minimum Gasteiger partial charge on any atom is -0.481 e. The first-order valence-electron chi connectivity index (χ1n) is 8.10. The zero-order valence-corrected chi connectivity index (χ0v) is 14.3. The van der Waals surface area contributed by atoms with Crippen molar-refractivity contribution in [2.24, 2.45) is 0 Å². The lowest BCUT2D eigenvalue weighted by atomic mass is 10.0. The topological polar surface area (TPSA) is 38.3 Å². The van der Waals surface area contributed by atoms with Crippen molar-refractivity contribution < 1.29 is 9.53 Å². The van der Waals surface area contributed by atoms with Gasteiger partial charge in [0, 0.05) is 0 Å². The summed E-state index contributed by atoms with van der Waals surface area (Å²) in [7, 11) is 0. The van der Waals surface area contributed by atoms with Gasteiger partial charge in [0.25, 0.3) is 5.91 Å². The van der Waals surface area contributed by atoms with Crippen molar-refractivity contribution >= 4 is 5.91 Å². The van der Waals surface area contributed by atoms with Crippen molar-refractivity contribution in [3.8, 4) is 5.75 Å². The molecule has 2 aromatic carbocycles. The van der Waals surface area contributed by atoms with E-state index in [1.165, 1.54) is 5.56 Å². The average Bonchev–Trinajstić information content (AvgIpc) is 2.55. The molecule has 0 aliphatic rings. The van der Waals surface area contributed by atoms with Crippen molar-refractivity contribution in [2.45, 2.75) is 46.3 Å². The fourth-order valence-corrected chi connectivity index (χ4v) is 2.44. The summed E-state index contributed by atoms with van der Waals surface area (Å²) in [4.78, 5) is 12.4. The molecule has 0 fully saturated rings. The van der Waals surface area contributed by atoms with Gasteiger partial charge in [-0.1, -0.05) is 55.0 Å². The number of ether oxygens (including phenoxy) is 1. The first-order valence-corrected chi connectivity index (χ1v) is 8.10. The third-order valence-electron chi connectivity index (χ3n) is 3.97. The Hall–Kier alpha value is -2.29. The maximum Gasteiger partial charge on any atom is 0.261 e. The third-order valence-corrected chi connectivity index (χ3v) is 3.97. The van der Waals surface area contributed by atoms with E-state index in [4.69, 9.17) is 4.74 Å². The van der Waals surface area contributed by atoms with Gasteiger partial charge in [0.1, 0.15) is 5.75 Å². The van der Waals surface area contributed by atoms with Crippen LogP contribution in [0.5, 0.6) is 5.75 Å². The number of hydrogen-bond acceptors (Lipinski definition) is 2. The van der Waals surface area contributed by atoms with Crippen LogP contribution < -0.4 is 10.1 Å². The van der Waals surface area contributed by atoms with E-state index in [9.17, 15) is 4.79 Å². The SMILES string of the molecule is CC[C@H](NC(=O)[C@@H](C)Oc1ccccc1C)c1ccc(C)cc1. The fourth-order valence-electron chi connectivity index (χ4n) is 2.44. The van der Waals surface area contributed by atoms with Crippen molar-refractivity contribution in [3.05, 3.63) is 65.2 Å². The molecule has 2 atom stereocenters. The summed E-state index contributed by atoms with van der Waals surface area (Å²) in [5.41, 5.74) is 3.36. The molecule has 1 N–H and O–H groups in total. The highest BCUT2D eigenvalue weighted by atomic mass is 16.5. The summed E-state index contributed by atoms with van der Waals surface area (Å²) >= 11 is 0. The second-order valence-corrected chi connectivity index (χ2v) is 5.91. The summed E-state index contributed by atoms with van der Waals surface area (Å²) in [6, 6.07) is 16.0. The first kappa shape index (κ1) is 17.1. The monoisotopic (exact) mass is 311 g/mol. The Labute approximate surface area is 138 Å². The normalized spacial score (nSPS) is 13.2. The van der Waals surface area contributed by atoms with Gasteiger partial charge in [0.2, 0.25) is 0 Å². The van der Waals surface area contributed by atoms with Crippen LogP contribution >= 0.6 is 0 Å². The van der Waals surface area contributed by atoms with Gasteiger partial charge in [0.05, 0.1) is 6.04 Å². The molecule has 0 unspecified atom stereocenters. The van der Waals surface area contributed by atoms with Gasteiger partial charge in [-0.2, -0.15) is 0 Å². The Bertz CT molecular complexity index is 649. The highest BCUT2D eigenvalue weighted by molar-refractivity contribution is 5.81. The number of rotatable bonds is 6. The Balaban J connectivity index is 2.01. The molecule has 0 saturated carbocycles. The molecular weight excluding hydrogens is 286 g/mol. The molecular formula is C20H25NO2. The van der Waals surface area contributed by atoms with E-state index in [2.05, 4.69) is 43.4 Å². The lowest BCUT2D eigenvalue weighted by Crippen LogP contribution is -2.38. The number of amides is 1. The molecule has 122 valence electrons. The summed E-state index contributed by atoms with van der Waals surface area (Å²) in [6.07, 6.45) is 0.307. The second kappa shape index (κ2) is 7.82. The lowest BCUT2D eigenvalue weighted by Gasteiger charge is -2.21. The van der Waals surface area contributed by atoms with Crippen LogP contribution in [-0.4, -0.2) is 12.0 Å². The van der Waals surface area contributed by atoms with Crippen molar-refractivity contribution in [2.75, 3.05) is 0 Å². The predicted molar refractivity (Wildman–Crippen MR) is 93.6 cm³/mol. The number of nitrogens with one attached hydrogen (secondary N) is 1. The van der Waals surface area contributed by atoms with Crippen LogP contribution in [0, 0.1) is 13.8 Å². The zero-order chi connectivity index (χ0) is 16.8. The minimum absolute atomic E-state index is 0.00557. The lowest BCUT2D eigenvalue weighted by molar-refractivity contribution is -0.128. The Morgan fingerprint density at radius 3 is 2.35 bits per heavy atom. The molecule has 0 saturated heterocycles. The molecule has 2 aromatic rings. The van der Waals surface area contributed by atoms with E-state index in [1.54, 1.807) is 6.92 Å². The Morgan fingerprint density at radius 2 is 1.74 bits per heavy atom. The summed E-state index contributed by atoms with van der Waals surface area (Å²) in [6.45, 7) is 7.88. The van der Waals surface area contributed by atoms with Crippen LogP contribution in [0.1, 0.15) is 43.0 Å². The number of hydrogen-bond donors (Lipinski definition) is 1. The smallest absolute Gasteiger partial charge is 0.261 e. The molecule has 3 nitrogen and oxygen atoms in total. The van der Waals surface area contributed by atoms with Crippen LogP contribution in [0.4, 0.5) is 0 Å². The molecule has 1 amide bonds. The molecule has 2 rings (SSSR count). The van der Waals surface area contributed by atoms with Crippen molar-refractivity contribution in [1.82, 2.24) is 5.32 Å². The molecule has 0 aliphatic heterocycles. The van der Waals surface area contributed by atoms with E-state index < -0.39 is 6.10 Å². The molecule has 0 aromatic heterocycles. The maximum absolute atomic E-state index is 12.4. The number of benzene rings is 2. The van der Waals surface area contributed by atoms with E-state index in [0.29, 0.717) is 0 Å². The van der Waals surface area contributed by atoms with Crippen LogP contribution in [0.2, 0.25) is 0 Å². The third kappa shape index (κ3) is 4.59. The van der Waals surface area contributed by atoms with E-state index in [-0.39, 0.29) is 11.9 Å². The molecule has 0 radical (unpaired) electrons. The summed E-state index contributed by atoms with van der Waals surface area (Å²) in [5.74, 6) is 0.652. The molecule has 23 heavy (non-hydrogen) atoms. The molecule has 3 heteroatoms. The van der Waals surface area contributed by atoms with Gasteiger partial charge in [-0.05, 0) is 44.4 Å². The summed E-state index contributed by atoms with van der Waals surface area (Å²) < 4.78 is 5.80. The number of carbonyl (C=O) groups is 1. The highest BCUT2D eigenvalue weighted by Crippen LogP contribution is 2.20. The summed E-state index contributed by atoms with van der Waals surface area (Å²) in [5, 5.41) is 3.08. The van der Waals surface area contributed by atoms with Gasteiger partial charge in [0.15, 0.2) is 6.10 Å². The van der Waals surface area contributed by atoms with Gasteiger partial charge in [-0.25, -0.2) is 0 Å².